The first-order valence-electron chi connectivity index (χ1n) is 4.74. The molecule has 0 aromatic heterocycles. The molecule has 14 heavy (non-hydrogen) atoms. The number of alkyl halides is 1. The molecule has 0 amide bonds. The molecule has 0 bridgehead atoms. The zero-order chi connectivity index (χ0) is 11.2. The van der Waals surface area contributed by atoms with Crippen LogP contribution in [0.2, 0.25) is 0 Å². The Morgan fingerprint density at radius 1 is 1.50 bits per heavy atom. The van der Waals surface area contributed by atoms with Crippen molar-refractivity contribution in [2.24, 2.45) is 10.7 Å². The van der Waals surface area contributed by atoms with Crippen molar-refractivity contribution in [3.8, 4) is 0 Å². The zero-order valence-electron chi connectivity index (χ0n) is 9.34. The monoisotopic (exact) mass is 198 g/mol. The van der Waals surface area contributed by atoms with Crippen LogP contribution < -0.4 is 5.73 Å². The molecular weight excluding hydrogens is 179 g/mol. The highest BCUT2D eigenvalue weighted by molar-refractivity contribution is 5.89. The largest absolute Gasteiger partial charge is 0.399 e. The number of allylic oxidation sites excluding steroid dienone is 2. The van der Waals surface area contributed by atoms with Crippen molar-refractivity contribution in [3.05, 3.63) is 24.0 Å². The fraction of sp³-hybridized carbons (Fsp3) is 0.545. The van der Waals surface area contributed by atoms with Gasteiger partial charge in [-0.3, -0.25) is 4.99 Å². The molecule has 3 heteroatoms. The van der Waals surface area contributed by atoms with Crippen molar-refractivity contribution in [2.75, 3.05) is 0 Å². The summed E-state index contributed by atoms with van der Waals surface area (Å²) in [6.45, 7) is 6.61. The Morgan fingerprint density at radius 3 is 2.50 bits per heavy atom. The summed E-state index contributed by atoms with van der Waals surface area (Å²) in [6, 6.07) is 0. The van der Waals surface area contributed by atoms with E-state index in [1.807, 2.05) is 13.0 Å². The van der Waals surface area contributed by atoms with Crippen molar-refractivity contribution >= 4 is 5.71 Å². The first-order valence-corrected chi connectivity index (χ1v) is 4.74. The second-order valence-corrected chi connectivity index (χ2v) is 3.62. The Kier molecular flexibility index (Phi) is 5.13. The predicted octanol–water partition coefficient (Wildman–Crippen LogP) is 2.96. The number of rotatable bonds is 4. The van der Waals surface area contributed by atoms with Crippen molar-refractivity contribution in [1.29, 1.82) is 0 Å². The molecule has 0 unspecified atom stereocenters. The van der Waals surface area contributed by atoms with E-state index in [0.717, 1.165) is 6.42 Å². The molecule has 0 aromatic carbocycles. The lowest BCUT2D eigenvalue weighted by atomic mass is 10.1. The zero-order valence-corrected chi connectivity index (χ0v) is 9.34. The molecular formula is C11H19FN2. The van der Waals surface area contributed by atoms with E-state index >= 15 is 0 Å². The van der Waals surface area contributed by atoms with Gasteiger partial charge in [-0.1, -0.05) is 13.0 Å². The molecule has 0 aromatic rings. The summed E-state index contributed by atoms with van der Waals surface area (Å²) in [4.78, 5) is 3.96. The lowest BCUT2D eigenvalue weighted by Gasteiger charge is -2.11. The summed E-state index contributed by atoms with van der Waals surface area (Å²) in [5, 5.41) is 0. The van der Waals surface area contributed by atoms with Gasteiger partial charge in [0.1, 0.15) is 5.67 Å². The third-order valence-electron chi connectivity index (χ3n) is 1.84. The van der Waals surface area contributed by atoms with Gasteiger partial charge in [-0.25, -0.2) is 4.39 Å². The fourth-order valence-corrected chi connectivity index (χ4v) is 0.692. The highest BCUT2D eigenvalue weighted by atomic mass is 19.1. The number of nitrogens with two attached hydrogens (primary N) is 1. The Labute approximate surface area is 85.4 Å². The van der Waals surface area contributed by atoms with E-state index in [0.29, 0.717) is 11.4 Å². The van der Waals surface area contributed by atoms with Crippen LogP contribution in [0.1, 0.15) is 34.1 Å². The van der Waals surface area contributed by atoms with E-state index in [2.05, 4.69) is 4.99 Å². The van der Waals surface area contributed by atoms with Gasteiger partial charge >= 0.3 is 0 Å². The molecule has 0 aliphatic heterocycles. The van der Waals surface area contributed by atoms with E-state index in [9.17, 15) is 4.39 Å². The van der Waals surface area contributed by atoms with Crippen molar-refractivity contribution in [3.63, 3.8) is 0 Å². The fourth-order valence-electron chi connectivity index (χ4n) is 0.692. The Hall–Kier alpha value is -1.12. The van der Waals surface area contributed by atoms with Crippen LogP contribution in [-0.4, -0.2) is 11.4 Å². The SMILES string of the molecule is CC/C=C(N)/C=C\N=C(/C)C(C)(C)F. The van der Waals surface area contributed by atoms with Crippen LogP contribution in [0.15, 0.2) is 29.0 Å². The average Bonchev–Trinajstić information content (AvgIpc) is 2.02. The maximum atomic E-state index is 13.2. The molecule has 0 heterocycles. The highest BCUT2D eigenvalue weighted by Gasteiger charge is 2.18. The van der Waals surface area contributed by atoms with Gasteiger partial charge in [0, 0.05) is 11.9 Å². The predicted molar refractivity (Wildman–Crippen MR) is 60.0 cm³/mol. The van der Waals surface area contributed by atoms with Gasteiger partial charge in [-0.05, 0) is 33.3 Å². The smallest absolute Gasteiger partial charge is 0.143 e. The van der Waals surface area contributed by atoms with Crippen LogP contribution in [0.4, 0.5) is 4.39 Å². The molecule has 0 radical (unpaired) electrons. The van der Waals surface area contributed by atoms with Crippen molar-refractivity contribution < 1.29 is 4.39 Å². The van der Waals surface area contributed by atoms with Gasteiger partial charge < -0.3 is 5.73 Å². The second-order valence-electron chi connectivity index (χ2n) is 3.62. The van der Waals surface area contributed by atoms with Gasteiger partial charge in [-0.15, -0.1) is 0 Å². The third-order valence-corrected chi connectivity index (χ3v) is 1.84. The van der Waals surface area contributed by atoms with Gasteiger partial charge in [0.05, 0.1) is 5.71 Å². The maximum Gasteiger partial charge on any atom is 0.143 e. The van der Waals surface area contributed by atoms with Gasteiger partial charge in [0.2, 0.25) is 0 Å². The molecule has 0 saturated heterocycles. The van der Waals surface area contributed by atoms with Crippen molar-refractivity contribution in [2.45, 2.75) is 39.8 Å². The molecule has 0 rings (SSSR count). The molecule has 0 spiro atoms. The van der Waals surface area contributed by atoms with Crippen molar-refractivity contribution in [1.82, 2.24) is 0 Å². The van der Waals surface area contributed by atoms with E-state index in [1.54, 1.807) is 13.0 Å². The van der Waals surface area contributed by atoms with Gasteiger partial charge in [0.15, 0.2) is 0 Å². The van der Waals surface area contributed by atoms with E-state index < -0.39 is 5.67 Å². The lowest BCUT2D eigenvalue weighted by Crippen LogP contribution is -2.22. The van der Waals surface area contributed by atoms with Crippen LogP contribution in [0.25, 0.3) is 0 Å². The minimum atomic E-state index is -1.37. The summed E-state index contributed by atoms with van der Waals surface area (Å²) >= 11 is 0. The number of hydrogen-bond acceptors (Lipinski definition) is 2. The van der Waals surface area contributed by atoms with Crippen LogP contribution in [0.5, 0.6) is 0 Å². The molecule has 80 valence electrons. The number of hydrogen-bond donors (Lipinski definition) is 1. The van der Waals surface area contributed by atoms with Crippen LogP contribution in [-0.2, 0) is 0 Å². The molecule has 0 aliphatic carbocycles. The number of halogens is 1. The Bertz CT molecular complexity index is 257. The summed E-state index contributed by atoms with van der Waals surface area (Å²) in [7, 11) is 0. The molecule has 2 nitrogen and oxygen atoms in total. The maximum absolute atomic E-state index is 13.2. The topological polar surface area (TPSA) is 38.4 Å². The quantitative estimate of drug-likeness (QED) is 0.547. The van der Waals surface area contributed by atoms with E-state index in [-0.39, 0.29) is 0 Å². The van der Waals surface area contributed by atoms with Gasteiger partial charge in [-0.2, -0.15) is 0 Å². The minimum absolute atomic E-state index is 0.443. The number of nitrogens with zero attached hydrogens (tertiary/aromatic N) is 1. The molecule has 2 N–H and O–H groups in total. The Balaban J connectivity index is 4.36. The molecule has 0 fully saturated rings. The van der Waals surface area contributed by atoms with Crippen LogP contribution in [0, 0.1) is 0 Å². The second kappa shape index (κ2) is 5.58. The molecule has 0 atom stereocenters. The van der Waals surface area contributed by atoms with Gasteiger partial charge in [0.25, 0.3) is 0 Å². The van der Waals surface area contributed by atoms with E-state index in [1.165, 1.54) is 20.0 Å². The summed E-state index contributed by atoms with van der Waals surface area (Å²) < 4.78 is 13.2. The van der Waals surface area contributed by atoms with Crippen LogP contribution >= 0.6 is 0 Å². The minimum Gasteiger partial charge on any atom is -0.399 e. The molecule has 0 aliphatic rings. The highest BCUT2D eigenvalue weighted by Crippen LogP contribution is 2.10. The first-order chi connectivity index (χ1) is 6.38. The number of aliphatic imine (C=N–C) groups is 1. The summed E-state index contributed by atoms with van der Waals surface area (Å²) in [5.74, 6) is 0. The summed E-state index contributed by atoms with van der Waals surface area (Å²) in [6.07, 6.45) is 5.95. The average molecular weight is 198 g/mol. The van der Waals surface area contributed by atoms with Crippen LogP contribution in [0.3, 0.4) is 0 Å². The lowest BCUT2D eigenvalue weighted by molar-refractivity contribution is 0.312. The Morgan fingerprint density at radius 2 is 2.07 bits per heavy atom. The molecule has 0 saturated carbocycles. The van der Waals surface area contributed by atoms with E-state index in [4.69, 9.17) is 5.73 Å². The standard InChI is InChI=1S/C11H19FN2/c1-5-6-10(13)7-8-14-9(2)11(3,4)12/h6-8H,5,13H2,1-4H3/b8-7-,10-6-,14-9+. The first kappa shape index (κ1) is 12.9. The third kappa shape index (κ3) is 5.51. The summed E-state index contributed by atoms with van der Waals surface area (Å²) in [5.41, 5.74) is 5.32. The normalized spacial score (nSPS) is 15.2.